The minimum Gasteiger partial charge on any atom is -0.360 e. The molecule has 0 saturated heterocycles. The lowest BCUT2D eigenvalue weighted by Crippen LogP contribution is -2.39. The van der Waals surface area contributed by atoms with Crippen molar-refractivity contribution in [3.63, 3.8) is 0 Å². The Morgan fingerprint density at radius 1 is 1.44 bits per heavy atom. The van der Waals surface area contributed by atoms with Gasteiger partial charge in [-0.05, 0) is 18.2 Å². The largest absolute Gasteiger partial charge is 0.360 e. The number of hydrogen-bond donors (Lipinski definition) is 2. The minimum atomic E-state index is -0.449. The van der Waals surface area contributed by atoms with Crippen LogP contribution in [0.1, 0.15) is 21.8 Å². The standard InChI is InChI=1S/C17H15FN4O3/c1-2-7-19-16(23)15-13-10-22(8-6-14(13)25-21-15)17(24)20-12-5-3-4-11(18)9-12/h1,3-5,9H,6-8,10H2,(H,19,23)(H,20,24). The summed E-state index contributed by atoms with van der Waals surface area (Å²) in [5.41, 5.74) is 1.02. The summed E-state index contributed by atoms with van der Waals surface area (Å²) in [6.45, 7) is 0.637. The first-order chi connectivity index (χ1) is 12.1. The molecule has 0 spiro atoms. The van der Waals surface area contributed by atoms with Crippen molar-refractivity contribution in [1.82, 2.24) is 15.4 Å². The Bertz CT molecular complexity index is 856. The normalized spacial score (nSPS) is 12.9. The van der Waals surface area contributed by atoms with Gasteiger partial charge in [-0.3, -0.25) is 4.79 Å². The summed E-state index contributed by atoms with van der Waals surface area (Å²) in [5, 5.41) is 8.92. The molecule has 2 aromatic rings. The number of rotatable bonds is 3. The lowest BCUT2D eigenvalue weighted by atomic mass is 10.1. The van der Waals surface area contributed by atoms with E-state index in [1.54, 1.807) is 6.07 Å². The fourth-order valence-electron chi connectivity index (χ4n) is 2.54. The van der Waals surface area contributed by atoms with E-state index in [4.69, 9.17) is 10.9 Å². The van der Waals surface area contributed by atoms with E-state index in [9.17, 15) is 14.0 Å². The number of aromatic nitrogens is 1. The van der Waals surface area contributed by atoms with Crippen LogP contribution in [-0.2, 0) is 13.0 Å². The maximum atomic E-state index is 13.2. The average molecular weight is 342 g/mol. The van der Waals surface area contributed by atoms with Gasteiger partial charge in [0.1, 0.15) is 11.6 Å². The highest BCUT2D eigenvalue weighted by Crippen LogP contribution is 2.23. The first-order valence-electron chi connectivity index (χ1n) is 7.59. The van der Waals surface area contributed by atoms with E-state index in [-0.39, 0.29) is 18.8 Å². The van der Waals surface area contributed by atoms with Crippen LogP contribution in [0.4, 0.5) is 14.9 Å². The van der Waals surface area contributed by atoms with Crippen LogP contribution in [0.5, 0.6) is 0 Å². The Balaban J connectivity index is 1.72. The zero-order chi connectivity index (χ0) is 17.8. The van der Waals surface area contributed by atoms with Crippen LogP contribution in [-0.4, -0.2) is 35.1 Å². The van der Waals surface area contributed by atoms with Gasteiger partial charge >= 0.3 is 6.03 Å². The summed E-state index contributed by atoms with van der Waals surface area (Å²) in [6.07, 6.45) is 5.55. The Kier molecular flexibility index (Phi) is 4.66. The third-order valence-electron chi connectivity index (χ3n) is 3.76. The molecule has 3 rings (SSSR count). The second kappa shape index (κ2) is 7.05. The number of urea groups is 1. The number of fused-ring (bicyclic) bond motifs is 1. The van der Waals surface area contributed by atoms with Gasteiger partial charge < -0.3 is 20.1 Å². The first kappa shape index (κ1) is 16.5. The summed E-state index contributed by atoms with van der Waals surface area (Å²) >= 11 is 0. The Morgan fingerprint density at radius 3 is 3.04 bits per heavy atom. The fraction of sp³-hybridized carbons (Fsp3) is 0.235. The molecule has 0 unspecified atom stereocenters. The molecule has 0 fully saturated rings. The number of terminal acetylenes is 1. The van der Waals surface area contributed by atoms with Crippen molar-refractivity contribution in [2.45, 2.75) is 13.0 Å². The lowest BCUT2D eigenvalue weighted by Gasteiger charge is -2.26. The highest BCUT2D eigenvalue weighted by molar-refractivity contribution is 5.94. The van der Waals surface area contributed by atoms with E-state index in [0.29, 0.717) is 30.0 Å². The summed E-state index contributed by atoms with van der Waals surface area (Å²) < 4.78 is 18.4. The van der Waals surface area contributed by atoms with Crippen LogP contribution in [0.25, 0.3) is 0 Å². The number of halogens is 1. The number of carbonyl (C=O) groups excluding carboxylic acids is 2. The van der Waals surface area contributed by atoms with Crippen molar-refractivity contribution in [3.05, 3.63) is 47.1 Å². The monoisotopic (exact) mass is 342 g/mol. The van der Waals surface area contributed by atoms with Crippen molar-refractivity contribution in [1.29, 1.82) is 0 Å². The highest BCUT2D eigenvalue weighted by atomic mass is 19.1. The van der Waals surface area contributed by atoms with E-state index in [2.05, 4.69) is 21.7 Å². The number of carbonyl (C=O) groups is 2. The van der Waals surface area contributed by atoms with Gasteiger partial charge in [0.15, 0.2) is 5.69 Å². The predicted octanol–water partition coefficient (Wildman–Crippen LogP) is 1.77. The van der Waals surface area contributed by atoms with Crippen LogP contribution in [0.2, 0.25) is 0 Å². The van der Waals surface area contributed by atoms with E-state index in [1.165, 1.54) is 23.1 Å². The van der Waals surface area contributed by atoms with Crippen LogP contribution in [0.15, 0.2) is 28.8 Å². The molecule has 2 heterocycles. The van der Waals surface area contributed by atoms with Gasteiger partial charge in [0, 0.05) is 24.2 Å². The smallest absolute Gasteiger partial charge is 0.322 e. The van der Waals surface area contributed by atoms with Crippen LogP contribution >= 0.6 is 0 Å². The molecule has 128 valence electrons. The molecule has 0 atom stereocenters. The maximum absolute atomic E-state index is 13.2. The Labute approximate surface area is 143 Å². The topological polar surface area (TPSA) is 87.5 Å². The van der Waals surface area contributed by atoms with Crippen LogP contribution < -0.4 is 10.6 Å². The molecule has 25 heavy (non-hydrogen) atoms. The Morgan fingerprint density at radius 2 is 2.28 bits per heavy atom. The second-order valence-corrected chi connectivity index (χ2v) is 5.43. The Hall–Kier alpha value is -3.34. The fourth-order valence-corrected chi connectivity index (χ4v) is 2.54. The van der Waals surface area contributed by atoms with E-state index < -0.39 is 17.8 Å². The van der Waals surface area contributed by atoms with Gasteiger partial charge in [0.25, 0.3) is 5.91 Å². The zero-order valence-electron chi connectivity index (χ0n) is 13.2. The summed E-state index contributed by atoms with van der Waals surface area (Å²) in [4.78, 5) is 25.9. The molecule has 0 aliphatic carbocycles. The molecule has 1 aromatic carbocycles. The maximum Gasteiger partial charge on any atom is 0.322 e. The minimum absolute atomic E-state index is 0.0736. The van der Waals surface area contributed by atoms with Crippen molar-refractivity contribution in [3.8, 4) is 12.3 Å². The lowest BCUT2D eigenvalue weighted by molar-refractivity contribution is 0.0948. The third kappa shape index (κ3) is 3.61. The molecule has 3 amide bonds. The second-order valence-electron chi connectivity index (χ2n) is 5.43. The quantitative estimate of drug-likeness (QED) is 0.832. The molecule has 7 nitrogen and oxygen atoms in total. The SMILES string of the molecule is C#CCNC(=O)c1noc2c1CN(C(=O)Nc1cccc(F)c1)CC2. The van der Waals surface area contributed by atoms with Gasteiger partial charge in [-0.2, -0.15) is 0 Å². The summed E-state index contributed by atoms with van der Waals surface area (Å²) in [7, 11) is 0. The van der Waals surface area contributed by atoms with Crippen molar-refractivity contribution < 1.29 is 18.5 Å². The van der Waals surface area contributed by atoms with Gasteiger partial charge in [-0.15, -0.1) is 6.42 Å². The molecular weight excluding hydrogens is 327 g/mol. The van der Waals surface area contributed by atoms with Crippen molar-refractivity contribution in [2.24, 2.45) is 0 Å². The number of nitrogens with one attached hydrogen (secondary N) is 2. The van der Waals surface area contributed by atoms with Crippen molar-refractivity contribution >= 4 is 17.6 Å². The molecule has 0 saturated carbocycles. The van der Waals surface area contributed by atoms with E-state index >= 15 is 0 Å². The first-order valence-corrected chi connectivity index (χ1v) is 7.59. The van der Waals surface area contributed by atoms with Crippen LogP contribution in [0.3, 0.4) is 0 Å². The predicted molar refractivity (Wildman–Crippen MR) is 87.2 cm³/mol. The molecule has 0 radical (unpaired) electrons. The van der Waals surface area contributed by atoms with Gasteiger partial charge in [0.2, 0.25) is 0 Å². The highest BCUT2D eigenvalue weighted by Gasteiger charge is 2.29. The molecule has 2 N–H and O–H groups in total. The van der Waals surface area contributed by atoms with E-state index in [1.807, 2.05) is 0 Å². The summed E-state index contributed by atoms with van der Waals surface area (Å²) in [5.74, 6) is 1.99. The number of nitrogens with zero attached hydrogens (tertiary/aromatic N) is 2. The number of hydrogen-bond acceptors (Lipinski definition) is 4. The zero-order valence-corrected chi connectivity index (χ0v) is 13.2. The molecule has 8 heteroatoms. The molecule has 0 bridgehead atoms. The number of benzene rings is 1. The van der Waals surface area contributed by atoms with Gasteiger partial charge in [-0.1, -0.05) is 17.1 Å². The molecule has 1 aliphatic heterocycles. The molecule has 1 aliphatic rings. The average Bonchev–Trinajstić information content (AvgIpc) is 3.03. The summed E-state index contributed by atoms with van der Waals surface area (Å²) in [6, 6.07) is 5.22. The number of amides is 3. The van der Waals surface area contributed by atoms with Crippen LogP contribution in [0, 0.1) is 18.2 Å². The van der Waals surface area contributed by atoms with Gasteiger partial charge in [-0.25, -0.2) is 9.18 Å². The van der Waals surface area contributed by atoms with E-state index in [0.717, 1.165) is 0 Å². The third-order valence-corrected chi connectivity index (χ3v) is 3.76. The van der Waals surface area contributed by atoms with Crippen molar-refractivity contribution in [2.75, 3.05) is 18.4 Å². The number of anilines is 1. The molecule has 1 aromatic heterocycles. The molecular formula is C17H15FN4O3. The van der Waals surface area contributed by atoms with Gasteiger partial charge in [0.05, 0.1) is 13.1 Å².